The summed E-state index contributed by atoms with van der Waals surface area (Å²) in [6.45, 7) is 2.03. The van der Waals surface area contributed by atoms with E-state index in [1.807, 2.05) is 37.3 Å². The van der Waals surface area contributed by atoms with Crippen LogP contribution in [0.4, 0.5) is 0 Å². The molecule has 0 fully saturated rings. The number of aryl methyl sites for hydroxylation is 1. The molecule has 0 aliphatic rings. The number of halogens is 1. The summed E-state index contributed by atoms with van der Waals surface area (Å²) in [5, 5.41) is 9.24. The quantitative estimate of drug-likeness (QED) is 0.855. The van der Waals surface area contributed by atoms with Gasteiger partial charge >= 0.3 is 5.97 Å². The molecule has 0 aliphatic carbocycles. The lowest BCUT2D eigenvalue weighted by atomic mass is 9.95. The van der Waals surface area contributed by atoms with Gasteiger partial charge in [0.25, 0.3) is 0 Å². The molecule has 0 heterocycles. The number of aromatic carboxylic acids is 1. The fourth-order valence-electron chi connectivity index (χ4n) is 2.10. The predicted molar refractivity (Wildman–Crippen MR) is 76.9 cm³/mol. The van der Waals surface area contributed by atoms with Crippen LogP contribution in [0.5, 0.6) is 0 Å². The fourth-order valence-corrected chi connectivity index (χ4v) is 2.26. The zero-order chi connectivity index (χ0) is 13.8. The van der Waals surface area contributed by atoms with Gasteiger partial charge in [-0.05, 0) is 41.7 Å². The van der Waals surface area contributed by atoms with Crippen LogP contribution in [0, 0.1) is 6.92 Å². The Hall–Kier alpha value is -1.80. The van der Waals surface area contributed by atoms with Gasteiger partial charge in [-0.25, -0.2) is 4.79 Å². The molecule has 0 aliphatic heterocycles. The number of benzene rings is 2. The van der Waals surface area contributed by atoms with Crippen LogP contribution in [0.15, 0.2) is 42.5 Å². The Labute approximate surface area is 117 Å². The zero-order valence-corrected chi connectivity index (χ0v) is 11.4. The molecule has 0 aromatic heterocycles. The van der Waals surface area contributed by atoms with Crippen molar-refractivity contribution in [1.82, 2.24) is 0 Å². The number of carboxylic acids is 1. The van der Waals surface area contributed by atoms with Gasteiger partial charge in [0.15, 0.2) is 0 Å². The molecule has 2 aromatic rings. The molecule has 2 aromatic carbocycles. The van der Waals surface area contributed by atoms with Crippen molar-refractivity contribution in [1.29, 1.82) is 0 Å². The third-order valence-corrected chi connectivity index (χ3v) is 3.51. The molecule has 0 unspecified atom stereocenters. The molecule has 0 saturated carbocycles. The van der Waals surface area contributed by atoms with Gasteiger partial charge in [0, 0.05) is 5.88 Å². The van der Waals surface area contributed by atoms with E-state index in [1.165, 1.54) is 0 Å². The molecule has 3 heteroatoms. The highest BCUT2D eigenvalue weighted by atomic mass is 35.5. The molecule has 0 bridgehead atoms. The minimum Gasteiger partial charge on any atom is -0.478 e. The van der Waals surface area contributed by atoms with Gasteiger partial charge in [-0.2, -0.15) is 0 Å². The highest BCUT2D eigenvalue weighted by Crippen LogP contribution is 2.19. The van der Waals surface area contributed by atoms with Crippen molar-refractivity contribution in [2.45, 2.75) is 19.2 Å². The highest BCUT2D eigenvalue weighted by molar-refractivity contribution is 6.17. The Bertz CT molecular complexity index is 605. The number of hydrogen-bond donors (Lipinski definition) is 1. The second-order valence-electron chi connectivity index (χ2n) is 4.53. The van der Waals surface area contributed by atoms with Crippen molar-refractivity contribution in [2.24, 2.45) is 0 Å². The smallest absolute Gasteiger partial charge is 0.335 e. The van der Waals surface area contributed by atoms with Crippen LogP contribution in [0.1, 0.15) is 32.6 Å². The van der Waals surface area contributed by atoms with Gasteiger partial charge in [-0.15, -0.1) is 11.6 Å². The molecule has 0 saturated heterocycles. The minimum absolute atomic E-state index is 0.345. The van der Waals surface area contributed by atoms with Crippen LogP contribution in [0.25, 0.3) is 0 Å². The monoisotopic (exact) mass is 274 g/mol. The SMILES string of the molecule is Cc1ccccc1Cc1cc(CCl)ccc1C(=O)O. The summed E-state index contributed by atoms with van der Waals surface area (Å²) in [5.41, 5.74) is 4.39. The predicted octanol–water partition coefficient (Wildman–Crippen LogP) is 4.02. The van der Waals surface area contributed by atoms with Crippen LogP contribution in [-0.2, 0) is 12.3 Å². The number of carbonyl (C=O) groups is 1. The molecular weight excluding hydrogens is 260 g/mol. The van der Waals surface area contributed by atoms with Crippen molar-refractivity contribution >= 4 is 17.6 Å². The summed E-state index contributed by atoms with van der Waals surface area (Å²) in [5.74, 6) is -0.509. The summed E-state index contributed by atoms with van der Waals surface area (Å²) in [7, 11) is 0. The lowest BCUT2D eigenvalue weighted by Crippen LogP contribution is -2.04. The average molecular weight is 275 g/mol. The largest absolute Gasteiger partial charge is 0.478 e. The van der Waals surface area contributed by atoms with E-state index in [2.05, 4.69) is 0 Å². The Kier molecular flexibility index (Phi) is 4.23. The van der Waals surface area contributed by atoms with E-state index in [1.54, 1.807) is 12.1 Å². The lowest BCUT2D eigenvalue weighted by molar-refractivity contribution is 0.0696. The minimum atomic E-state index is -0.898. The number of alkyl halides is 1. The molecule has 1 N–H and O–H groups in total. The van der Waals surface area contributed by atoms with Crippen LogP contribution in [0.3, 0.4) is 0 Å². The first-order valence-corrected chi connectivity index (χ1v) is 6.61. The van der Waals surface area contributed by atoms with Crippen LogP contribution in [0.2, 0.25) is 0 Å². The first kappa shape index (κ1) is 13.6. The van der Waals surface area contributed by atoms with Crippen molar-refractivity contribution in [3.05, 3.63) is 70.3 Å². The molecule has 19 heavy (non-hydrogen) atoms. The molecule has 0 radical (unpaired) electrons. The van der Waals surface area contributed by atoms with Gasteiger partial charge in [0.1, 0.15) is 0 Å². The summed E-state index contributed by atoms with van der Waals surface area (Å²) >= 11 is 5.82. The average Bonchev–Trinajstić information content (AvgIpc) is 2.41. The van der Waals surface area contributed by atoms with E-state index in [-0.39, 0.29) is 0 Å². The maximum Gasteiger partial charge on any atom is 0.335 e. The molecule has 2 rings (SSSR count). The van der Waals surface area contributed by atoms with E-state index in [4.69, 9.17) is 11.6 Å². The summed E-state index contributed by atoms with van der Waals surface area (Å²) in [4.78, 5) is 11.3. The number of hydrogen-bond acceptors (Lipinski definition) is 1. The Morgan fingerprint density at radius 3 is 2.53 bits per heavy atom. The van der Waals surface area contributed by atoms with E-state index < -0.39 is 5.97 Å². The van der Waals surface area contributed by atoms with Crippen LogP contribution >= 0.6 is 11.6 Å². The molecule has 2 nitrogen and oxygen atoms in total. The molecule has 0 atom stereocenters. The Morgan fingerprint density at radius 1 is 1.16 bits per heavy atom. The van der Waals surface area contributed by atoms with Crippen molar-refractivity contribution in [3.8, 4) is 0 Å². The second kappa shape index (κ2) is 5.89. The van der Waals surface area contributed by atoms with E-state index >= 15 is 0 Å². The molecule has 98 valence electrons. The second-order valence-corrected chi connectivity index (χ2v) is 4.80. The van der Waals surface area contributed by atoms with Gasteiger partial charge in [0.05, 0.1) is 5.56 Å². The van der Waals surface area contributed by atoms with Gasteiger partial charge < -0.3 is 5.11 Å². The van der Waals surface area contributed by atoms with Crippen molar-refractivity contribution in [3.63, 3.8) is 0 Å². The molecular formula is C16H15ClO2. The van der Waals surface area contributed by atoms with Crippen LogP contribution in [-0.4, -0.2) is 11.1 Å². The first-order valence-electron chi connectivity index (χ1n) is 6.07. The highest BCUT2D eigenvalue weighted by Gasteiger charge is 2.11. The van der Waals surface area contributed by atoms with Gasteiger partial charge in [0.2, 0.25) is 0 Å². The fraction of sp³-hybridized carbons (Fsp3) is 0.188. The molecule has 0 spiro atoms. The number of rotatable bonds is 4. The van der Waals surface area contributed by atoms with E-state index in [9.17, 15) is 9.90 Å². The summed E-state index contributed by atoms with van der Waals surface area (Å²) in [6.07, 6.45) is 0.610. The van der Waals surface area contributed by atoms with E-state index in [0.29, 0.717) is 17.9 Å². The summed E-state index contributed by atoms with van der Waals surface area (Å²) in [6, 6.07) is 13.3. The zero-order valence-electron chi connectivity index (χ0n) is 10.7. The number of carboxylic acid groups (broad SMARTS) is 1. The van der Waals surface area contributed by atoms with Crippen LogP contribution < -0.4 is 0 Å². The maximum absolute atomic E-state index is 11.3. The maximum atomic E-state index is 11.3. The normalized spacial score (nSPS) is 10.4. The summed E-state index contributed by atoms with van der Waals surface area (Å²) < 4.78 is 0. The standard InChI is InChI=1S/C16H15ClO2/c1-11-4-2-3-5-13(11)9-14-8-12(10-17)6-7-15(14)16(18)19/h2-8H,9-10H2,1H3,(H,18,19). The van der Waals surface area contributed by atoms with E-state index in [0.717, 1.165) is 22.3 Å². The topological polar surface area (TPSA) is 37.3 Å². The van der Waals surface area contributed by atoms with Crippen molar-refractivity contribution in [2.75, 3.05) is 0 Å². The Morgan fingerprint density at radius 2 is 1.89 bits per heavy atom. The van der Waals surface area contributed by atoms with Gasteiger partial charge in [-0.1, -0.05) is 36.4 Å². The van der Waals surface area contributed by atoms with Crippen molar-refractivity contribution < 1.29 is 9.90 Å². The molecule has 0 amide bonds. The van der Waals surface area contributed by atoms with Gasteiger partial charge in [-0.3, -0.25) is 0 Å². The lowest BCUT2D eigenvalue weighted by Gasteiger charge is -2.10. The Balaban J connectivity index is 2.43. The first-order chi connectivity index (χ1) is 9.11. The third-order valence-electron chi connectivity index (χ3n) is 3.20. The third kappa shape index (κ3) is 3.15.